The molecule has 13 heteroatoms. The van der Waals surface area contributed by atoms with Gasteiger partial charge in [0.15, 0.2) is 0 Å². The largest absolute Gasteiger partial charge is 0.488 e. The molecule has 0 unspecified atom stereocenters. The first kappa shape index (κ1) is 32.9. The minimum atomic E-state index is -0.624. The minimum absolute atomic E-state index is 0.0982. The van der Waals surface area contributed by atoms with Gasteiger partial charge in [0.25, 0.3) is 11.1 Å². The third-order valence-electron chi connectivity index (χ3n) is 6.03. The van der Waals surface area contributed by atoms with Crippen molar-refractivity contribution in [2.45, 2.75) is 26.4 Å². The molecule has 3 aromatic carbocycles. The van der Waals surface area contributed by atoms with Crippen LogP contribution in [0.15, 0.2) is 64.0 Å². The van der Waals surface area contributed by atoms with Gasteiger partial charge in [-0.1, -0.05) is 60.3 Å². The van der Waals surface area contributed by atoms with Crippen molar-refractivity contribution in [2.24, 2.45) is 0 Å². The first-order valence-corrected chi connectivity index (χ1v) is 15.7. The highest BCUT2D eigenvalue weighted by Crippen LogP contribution is 2.34. The standard InChI is InChI=1S/C30H24BrCl3N2O6S/c1-2-3-10-41-29(39)21-14-20(7-8-23(21)33)35-27(37)15-36-28(38)26(43-30(36)40)12-17-4-9-25(22(31)11-17)42-16-18-5-6-19(32)13-24(18)34/h4-9,11-14H,2-3,10,15-16H2,1H3,(H,35,37)/b26-12+. The normalized spacial score (nSPS) is 13.9. The van der Waals surface area contributed by atoms with Crippen LogP contribution in [0.1, 0.15) is 41.3 Å². The number of esters is 1. The lowest BCUT2D eigenvalue weighted by Gasteiger charge is -2.13. The average molecular weight is 727 g/mol. The van der Waals surface area contributed by atoms with E-state index in [0.29, 0.717) is 32.3 Å². The number of unbranched alkanes of at least 4 members (excludes halogenated alkanes) is 1. The average Bonchev–Trinajstić information content (AvgIpc) is 3.21. The van der Waals surface area contributed by atoms with Crippen LogP contribution in [0.25, 0.3) is 6.08 Å². The summed E-state index contributed by atoms with van der Waals surface area (Å²) < 4.78 is 11.7. The number of halogens is 4. The van der Waals surface area contributed by atoms with E-state index in [1.54, 1.807) is 42.5 Å². The molecule has 43 heavy (non-hydrogen) atoms. The summed E-state index contributed by atoms with van der Waals surface area (Å²) in [4.78, 5) is 51.7. The molecule has 8 nitrogen and oxygen atoms in total. The number of carbonyl (C=O) groups excluding carboxylic acids is 4. The lowest BCUT2D eigenvalue weighted by molar-refractivity contribution is -0.127. The molecule has 3 aromatic rings. The molecule has 0 aromatic heterocycles. The van der Waals surface area contributed by atoms with Crippen LogP contribution in [0, 0.1) is 0 Å². The van der Waals surface area contributed by atoms with Crippen molar-refractivity contribution >= 4 is 97.3 Å². The van der Waals surface area contributed by atoms with Crippen LogP contribution in [-0.2, 0) is 20.9 Å². The second-order valence-corrected chi connectivity index (χ2v) is 12.3. The van der Waals surface area contributed by atoms with E-state index < -0.39 is 29.6 Å². The number of ether oxygens (including phenoxy) is 2. The summed E-state index contributed by atoms with van der Waals surface area (Å²) >= 11 is 22.5. The fourth-order valence-electron chi connectivity index (χ4n) is 3.80. The van der Waals surface area contributed by atoms with Crippen molar-refractivity contribution < 1.29 is 28.7 Å². The fraction of sp³-hybridized carbons (Fsp3) is 0.200. The summed E-state index contributed by atoms with van der Waals surface area (Å²) in [7, 11) is 0. The van der Waals surface area contributed by atoms with Gasteiger partial charge in [-0.25, -0.2) is 4.79 Å². The Bertz CT molecular complexity index is 1620. The summed E-state index contributed by atoms with van der Waals surface area (Å²) in [5, 5.41) is 3.20. The number of amides is 3. The molecule has 0 saturated carbocycles. The molecule has 0 bridgehead atoms. The molecule has 0 spiro atoms. The van der Waals surface area contributed by atoms with Gasteiger partial charge in [0.05, 0.1) is 26.6 Å². The van der Waals surface area contributed by atoms with Crippen molar-refractivity contribution in [1.82, 2.24) is 4.90 Å². The number of anilines is 1. The van der Waals surface area contributed by atoms with E-state index in [2.05, 4.69) is 21.2 Å². The Labute approximate surface area is 275 Å². The first-order valence-electron chi connectivity index (χ1n) is 12.9. The molecule has 3 amide bonds. The maximum absolute atomic E-state index is 13.0. The lowest BCUT2D eigenvalue weighted by Crippen LogP contribution is -2.36. The van der Waals surface area contributed by atoms with Gasteiger partial charge in [-0.2, -0.15) is 0 Å². The van der Waals surface area contributed by atoms with Crippen molar-refractivity contribution in [3.63, 3.8) is 0 Å². The molecular weight excluding hydrogens is 703 g/mol. The molecule has 1 aliphatic heterocycles. The van der Waals surface area contributed by atoms with E-state index in [0.717, 1.165) is 28.6 Å². The van der Waals surface area contributed by atoms with Gasteiger partial charge in [-0.15, -0.1) is 0 Å². The molecular formula is C30H24BrCl3N2O6S. The third kappa shape index (κ3) is 8.77. The minimum Gasteiger partial charge on any atom is -0.488 e. The molecule has 0 radical (unpaired) electrons. The summed E-state index contributed by atoms with van der Waals surface area (Å²) in [6.07, 6.45) is 3.13. The Hall–Kier alpha value is -3.02. The molecule has 0 atom stereocenters. The number of nitrogens with one attached hydrogen (secondary N) is 1. The molecule has 1 heterocycles. The van der Waals surface area contributed by atoms with Crippen LogP contribution in [0.2, 0.25) is 15.1 Å². The maximum Gasteiger partial charge on any atom is 0.339 e. The molecule has 1 saturated heterocycles. The third-order valence-corrected chi connectivity index (χ3v) is 8.47. The summed E-state index contributed by atoms with van der Waals surface area (Å²) in [6, 6.07) is 14.7. The van der Waals surface area contributed by atoms with Crippen molar-refractivity contribution in [3.05, 3.63) is 95.7 Å². The Morgan fingerprint density at radius 1 is 1.02 bits per heavy atom. The van der Waals surface area contributed by atoms with Gasteiger partial charge in [-0.3, -0.25) is 19.3 Å². The zero-order chi connectivity index (χ0) is 31.1. The zero-order valence-corrected chi connectivity index (χ0v) is 27.3. The van der Waals surface area contributed by atoms with Crippen LogP contribution >= 0.6 is 62.5 Å². The quantitative estimate of drug-likeness (QED) is 0.120. The van der Waals surface area contributed by atoms with Crippen molar-refractivity contribution in [2.75, 3.05) is 18.5 Å². The molecule has 1 aliphatic rings. The lowest BCUT2D eigenvalue weighted by atomic mass is 10.2. The van der Waals surface area contributed by atoms with E-state index in [9.17, 15) is 19.2 Å². The maximum atomic E-state index is 13.0. The highest BCUT2D eigenvalue weighted by Gasteiger charge is 2.36. The first-order chi connectivity index (χ1) is 20.5. The Morgan fingerprint density at radius 3 is 2.53 bits per heavy atom. The summed E-state index contributed by atoms with van der Waals surface area (Å²) in [5.41, 5.74) is 1.77. The number of carbonyl (C=O) groups is 4. The monoisotopic (exact) mass is 724 g/mol. The fourth-order valence-corrected chi connectivity index (χ4v) is 5.80. The second-order valence-electron chi connectivity index (χ2n) is 9.21. The summed E-state index contributed by atoms with van der Waals surface area (Å²) in [5.74, 6) is -1.29. The van der Waals surface area contributed by atoms with Crippen LogP contribution in [-0.4, -0.2) is 41.1 Å². The molecule has 1 fully saturated rings. The predicted octanol–water partition coefficient (Wildman–Crippen LogP) is 8.62. The van der Waals surface area contributed by atoms with Crippen LogP contribution < -0.4 is 10.1 Å². The topological polar surface area (TPSA) is 102 Å². The smallest absolute Gasteiger partial charge is 0.339 e. The second kappa shape index (κ2) is 15.1. The molecule has 224 valence electrons. The van der Waals surface area contributed by atoms with Crippen LogP contribution in [0.5, 0.6) is 5.75 Å². The zero-order valence-electron chi connectivity index (χ0n) is 22.6. The highest BCUT2D eigenvalue weighted by atomic mass is 79.9. The van der Waals surface area contributed by atoms with Crippen LogP contribution in [0.3, 0.4) is 0 Å². The SMILES string of the molecule is CCCCOC(=O)c1cc(NC(=O)CN2C(=O)S/C(=C/c3ccc(OCc4ccc(Cl)cc4Cl)c(Br)c3)C2=O)ccc1Cl. The number of hydrogen-bond acceptors (Lipinski definition) is 7. The Kier molecular flexibility index (Phi) is 11.6. The molecule has 0 aliphatic carbocycles. The molecule has 1 N–H and O–H groups in total. The van der Waals surface area contributed by atoms with Gasteiger partial charge in [0.2, 0.25) is 5.91 Å². The number of imide groups is 1. The van der Waals surface area contributed by atoms with E-state index >= 15 is 0 Å². The van der Waals surface area contributed by atoms with Gasteiger partial charge in [0.1, 0.15) is 18.9 Å². The number of nitrogens with zero attached hydrogens (tertiary/aromatic N) is 1. The van der Waals surface area contributed by atoms with E-state index in [-0.39, 0.29) is 34.4 Å². The number of thioether (sulfide) groups is 1. The number of hydrogen-bond donors (Lipinski definition) is 1. The Balaban J connectivity index is 1.37. The number of benzene rings is 3. The highest BCUT2D eigenvalue weighted by molar-refractivity contribution is 9.10. The predicted molar refractivity (Wildman–Crippen MR) is 173 cm³/mol. The van der Waals surface area contributed by atoms with E-state index in [1.165, 1.54) is 18.2 Å². The van der Waals surface area contributed by atoms with E-state index in [4.69, 9.17) is 44.3 Å². The van der Waals surface area contributed by atoms with Gasteiger partial charge in [-0.05, 0) is 88.2 Å². The van der Waals surface area contributed by atoms with E-state index in [1.807, 2.05) is 6.92 Å². The van der Waals surface area contributed by atoms with Gasteiger partial charge in [0, 0.05) is 21.3 Å². The van der Waals surface area contributed by atoms with Gasteiger partial charge < -0.3 is 14.8 Å². The van der Waals surface area contributed by atoms with Crippen molar-refractivity contribution in [1.29, 1.82) is 0 Å². The summed E-state index contributed by atoms with van der Waals surface area (Å²) in [6.45, 7) is 1.93. The van der Waals surface area contributed by atoms with Crippen LogP contribution in [0.4, 0.5) is 10.5 Å². The molecule has 4 rings (SSSR count). The Morgan fingerprint density at radius 2 is 1.81 bits per heavy atom. The number of rotatable bonds is 11. The van der Waals surface area contributed by atoms with Crippen molar-refractivity contribution in [3.8, 4) is 5.75 Å². The van der Waals surface area contributed by atoms with Gasteiger partial charge >= 0.3 is 5.97 Å².